The lowest BCUT2D eigenvalue weighted by atomic mass is 10.0. The van der Waals surface area contributed by atoms with E-state index in [2.05, 4.69) is 9.97 Å². The van der Waals surface area contributed by atoms with Crippen LogP contribution in [0.15, 0.2) is 36.4 Å². The Balaban J connectivity index is 1.98. The standard InChI is InChI=1S/C19H15F2N5O2/c1-27-15-4-2-10(17-13(8-22)18(23)26-19(24)25-17)6-11(15)9-28-16-5-3-12(20)7-14(16)21/h2-7H,9H2,1H3,(H4,23,24,25,26). The summed E-state index contributed by atoms with van der Waals surface area (Å²) in [6, 6.07) is 9.94. The van der Waals surface area contributed by atoms with Gasteiger partial charge in [-0.2, -0.15) is 10.2 Å². The van der Waals surface area contributed by atoms with Crippen LogP contribution in [0.5, 0.6) is 11.5 Å². The van der Waals surface area contributed by atoms with Gasteiger partial charge in [-0.15, -0.1) is 0 Å². The van der Waals surface area contributed by atoms with Crippen molar-refractivity contribution in [3.8, 4) is 28.8 Å². The molecule has 0 unspecified atom stereocenters. The third kappa shape index (κ3) is 3.76. The molecule has 0 bridgehead atoms. The second-order valence-electron chi connectivity index (χ2n) is 5.69. The maximum Gasteiger partial charge on any atom is 0.222 e. The van der Waals surface area contributed by atoms with Crippen molar-refractivity contribution < 1.29 is 18.3 Å². The van der Waals surface area contributed by atoms with Crippen LogP contribution in [0.1, 0.15) is 11.1 Å². The Hall–Kier alpha value is -3.93. The second-order valence-corrected chi connectivity index (χ2v) is 5.69. The predicted molar refractivity (Wildman–Crippen MR) is 98.2 cm³/mol. The Morgan fingerprint density at radius 2 is 1.82 bits per heavy atom. The summed E-state index contributed by atoms with van der Waals surface area (Å²) >= 11 is 0. The average Bonchev–Trinajstić information content (AvgIpc) is 2.66. The zero-order valence-corrected chi connectivity index (χ0v) is 14.7. The minimum atomic E-state index is -0.821. The molecule has 0 spiro atoms. The van der Waals surface area contributed by atoms with E-state index < -0.39 is 11.6 Å². The van der Waals surface area contributed by atoms with Crippen molar-refractivity contribution in [1.29, 1.82) is 5.26 Å². The van der Waals surface area contributed by atoms with Crippen LogP contribution < -0.4 is 20.9 Å². The summed E-state index contributed by atoms with van der Waals surface area (Å²) < 4.78 is 37.6. The maximum absolute atomic E-state index is 13.8. The highest BCUT2D eigenvalue weighted by Crippen LogP contribution is 2.30. The summed E-state index contributed by atoms with van der Waals surface area (Å²) in [7, 11) is 1.47. The fraction of sp³-hybridized carbons (Fsp3) is 0.105. The summed E-state index contributed by atoms with van der Waals surface area (Å²) in [6.07, 6.45) is 0. The quantitative estimate of drug-likeness (QED) is 0.695. The van der Waals surface area contributed by atoms with Crippen LogP contribution in [0.25, 0.3) is 11.3 Å². The van der Waals surface area contributed by atoms with Gasteiger partial charge in [-0.3, -0.25) is 0 Å². The number of nitrogens with two attached hydrogens (primary N) is 2. The Labute approximate surface area is 159 Å². The van der Waals surface area contributed by atoms with Gasteiger partial charge in [-0.25, -0.2) is 13.8 Å². The summed E-state index contributed by atoms with van der Waals surface area (Å²) in [5.41, 5.74) is 12.8. The van der Waals surface area contributed by atoms with E-state index in [1.54, 1.807) is 18.2 Å². The molecule has 0 aliphatic carbocycles. The monoisotopic (exact) mass is 383 g/mol. The minimum Gasteiger partial charge on any atom is -0.496 e. The zero-order valence-electron chi connectivity index (χ0n) is 14.7. The van der Waals surface area contributed by atoms with E-state index in [0.717, 1.165) is 12.1 Å². The molecule has 7 nitrogen and oxygen atoms in total. The molecule has 0 fully saturated rings. The van der Waals surface area contributed by atoms with Crippen LogP contribution in [-0.2, 0) is 6.61 Å². The highest BCUT2D eigenvalue weighted by Gasteiger charge is 2.16. The first-order valence-corrected chi connectivity index (χ1v) is 8.01. The van der Waals surface area contributed by atoms with Crippen molar-refractivity contribution in [2.45, 2.75) is 6.61 Å². The van der Waals surface area contributed by atoms with Crippen molar-refractivity contribution >= 4 is 11.8 Å². The third-order valence-corrected chi connectivity index (χ3v) is 3.90. The molecule has 9 heteroatoms. The number of aromatic nitrogens is 2. The van der Waals surface area contributed by atoms with Crippen LogP contribution >= 0.6 is 0 Å². The smallest absolute Gasteiger partial charge is 0.222 e. The first-order chi connectivity index (χ1) is 13.4. The van der Waals surface area contributed by atoms with Crippen LogP contribution in [-0.4, -0.2) is 17.1 Å². The zero-order chi connectivity index (χ0) is 20.3. The molecule has 1 heterocycles. The first kappa shape index (κ1) is 18.8. The van der Waals surface area contributed by atoms with E-state index in [9.17, 15) is 14.0 Å². The van der Waals surface area contributed by atoms with Crippen molar-refractivity contribution in [3.05, 3.63) is 59.2 Å². The number of hydrogen-bond donors (Lipinski definition) is 2. The number of nitrogens with zero attached hydrogens (tertiary/aromatic N) is 3. The fourth-order valence-corrected chi connectivity index (χ4v) is 2.60. The second kappa shape index (κ2) is 7.75. The van der Waals surface area contributed by atoms with Gasteiger partial charge in [-0.05, 0) is 30.3 Å². The predicted octanol–water partition coefficient (Wildman–Crippen LogP) is 3.05. The lowest BCUT2D eigenvalue weighted by molar-refractivity contribution is 0.282. The number of benzene rings is 2. The number of nitriles is 1. The Morgan fingerprint density at radius 1 is 1.07 bits per heavy atom. The van der Waals surface area contributed by atoms with Gasteiger partial charge in [0.1, 0.15) is 35.6 Å². The van der Waals surface area contributed by atoms with Gasteiger partial charge in [-0.1, -0.05) is 0 Å². The average molecular weight is 383 g/mol. The molecule has 0 radical (unpaired) electrons. The van der Waals surface area contributed by atoms with Crippen molar-refractivity contribution in [3.63, 3.8) is 0 Å². The van der Waals surface area contributed by atoms with Crippen molar-refractivity contribution in [1.82, 2.24) is 9.97 Å². The van der Waals surface area contributed by atoms with E-state index in [0.29, 0.717) is 16.9 Å². The molecule has 2 aromatic carbocycles. The number of nitrogen functional groups attached to an aromatic ring is 2. The van der Waals surface area contributed by atoms with Crippen molar-refractivity contribution in [2.75, 3.05) is 18.6 Å². The highest BCUT2D eigenvalue weighted by molar-refractivity contribution is 5.74. The molecule has 28 heavy (non-hydrogen) atoms. The Morgan fingerprint density at radius 3 is 2.50 bits per heavy atom. The third-order valence-electron chi connectivity index (χ3n) is 3.90. The van der Waals surface area contributed by atoms with Gasteiger partial charge in [0.25, 0.3) is 0 Å². The molecule has 0 amide bonds. The molecular weight excluding hydrogens is 368 g/mol. The van der Waals surface area contributed by atoms with E-state index in [1.165, 1.54) is 13.2 Å². The molecule has 4 N–H and O–H groups in total. The van der Waals surface area contributed by atoms with Gasteiger partial charge >= 0.3 is 0 Å². The van der Waals surface area contributed by atoms with E-state index in [-0.39, 0.29) is 35.4 Å². The molecule has 0 aliphatic rings. The molecule has 3 rings (SSSR count). The maximum atomic E-state index is 13.8. The van der Waals surface area contributed by atoms with Gasteiger partial charge in [0, 0.05) is 17.2 Å². The Kier molecular flexibility index (Phi) is 5.22. The molecular formula is C19H15F2N5O2. The number of methoxy groups -OCH3 is 1. The summed E-state index contributed by atoms with van der Waals surface area (Å²) in [5, 5.41) is 9.35. The van der Waals surface area contributed by atoms with Gasteiger partial charge in [0.05, 0.1) is 12.8 Å². The topological polar surface area (TPSA) is 120 Å². The van der Waals surface area contributed by atoms with Crippen LogP contribution in [0.4, 0.5) is 20.5 Å². The van der Waals surface area contributed by atoms with Gasteiger partial charge in [0.15, 0.2) is 11.6 Å². The molecule has 0 atom stereocenters. The summed E-state index contributed by atoms with van der Waals surface area (Å²) in [6.45, 7) is -0.0719. The van der Waals surface area contributed by atoms with Crippen LogP contribution in [0.3, 0.4) is 0 Å². The Bertz CT molecular complexity index is 1080. The minimum absolute atomic E-state index is 0.0352. The summed E-state index contributed by atoms with van der Waals surface area (Å²) in [4.78, 5) is 7.87. The van der Waals surface area contributed by atoms with Gasteiger partial charge in [0.2, 0.25) is 5.95 Å². The molecule has 3 aromatic rings. The molecule has 142 valence electrons. The summed E-state index contributed by atoms with van der Waals surface area (Å²) in [5.74, 6) is -1.27. The first-order valence-electron chi connectivity index (χ1n) is 8.01. The van der Waals surface area contributed by atoms with Crippen LogP contribution in [0.2, 0.25) is 0 Å². The number of rotatable bonds is 5. The number of anilines is 2. The number of hydrogen-bond acceptors (Lipinski definition) is 7. The van der Waals surface area contributed by atoms with Crippen molar-refractivity contribution in [2.24, 2.45) is 0 Å². The van der Waals surface area contributed by atoms with E-state index in [1.807, 2.05) is 6.07 Å². The van der Waals surface area contributed by atoms with E-state index >= 15 is 0 Å². The van der Waals surface area contributed by atoms with Gasteiger partial charge < -0.3 is 20.9 Å². The number of halogens is 2. The fourth-order valence-electron chi connectivity index (χ4n) is 2.60. The lowest BCUT2D eigenvalue weighted by Gasteiger charge is -2.13. The van der Waals surface area contributed by atoms with Crippen LogP contribution in [0, 0.1) is 23.0 Å². The molecule has 0 saturated heterocycles. The molecule has 0 saturated carbocycles. The van der Waals surface area contributed by atoms with E-state index in [4.69, 9.17) is 20.9 Å². The lowest BCUT2D eigenvalue weighted by Crippen LogP contribution is -2.06. The largest absolute Gasteiger partial charge is 0.496 e. The normalized spacial score (nSPS) is 10.4. The number of ether oxygens (including phenoxy) is 2. The highest BCUT2D eigenvalue weighted by atomic mass is 19.1. The molecule has 0 aliphatic heterocycles. The molecule has 1 aromatic heterocycles. The SMILES string of the molecule is COc1ccc(-c2nc(N)nc(N)c2C#N)cc1COc1ccc(F)cc1F.